The lowest BCUT2D eigenvalue weighted by Crippen LogP contribution is -2.18. The summed E-state index contributed by atoms with van der Waals surface area (Å²) in [6, 6.07) is 23.4. The number of fused-ring (bicyclic) bond motifs is 2. The predicted molar refractivity (Wildman–Crippen MR) is 229 cm³/mol. The lowest BCUT2D eigenvalue weighted by Gasteiger charge is -2.23. The molecule has 2 heterocycles. The maximum absolute atomic E-state index is 13.8. The van der Waals surface area contributed by atoms with Gasteiger partial charge in [0.05, 0.1) is 38.2 Å². The van der Waals surface area contributed by atoms with E-state index in [1.807, 2.05) is 82.3 Å². The van der Waals surface area contributed by atoms with Crippen LogP contribution in [0.15, 0.2) is 95.2 Å². The van der Waals surface area contributed by atoms with Crippen LogP contribution in [0.3, 0.4) is 0 Å². The molecule has 0 aliphatic carbocycles. The molecule has 2 aromatic heterocycles. The summed E-state index contributed by atoms with van der Waals surface area (Å²) in [5.74, 6) is 1.15. The van der Waals surface area contributed by atoms with Gasteiger partial charge in [-0.1, -0.05) is 132 Å². The van der Waals surface area contributed by atoms with Gasteiger partial charge in [0.15, 0.2) is 0 Å². The van der Waals surface area contributed by atoms with E-state index in [1.54, 1.807) is 12.4 Å². The Morgan fingerprint density at radius 3 is 1.38 bits per heavy atom. The molecule has 11 heteroatoms. The van der Waals surface area contributed by atoms with E-state index in [0.29, 0.717) is 32.7 Å². The van der Waals surface area contributed by atoms with Gasteiger partial charge in [-0.3, -0.25) is 0 Å². The van der Waals surface area contributed by atoms with Crippen LogP contribution >= 0.6 is 10.7 Å². The summed E-state index contributed by atoms with van der Waals surface area (Å²) in [5.41, 5.74) is 9.15. The maximum atomic E-state index is 13.8. The van der Waals surface area contributed by atoms with Gasteiger partial charge in [-0.2, -0.15) is 0 Å². The first-order valence-corrected chi connectivity index (χ1v) is 22.8. The molecule has 0 aliphatic rings. The van der Waals surface area contributed by atoms with Crippen LogP contribution in [0.2, 0.25) is 0 Å². The van der Waals surface area contributed by atoms with E-state index in [2.05, 4.69) is 82.5 Å². The SMILES string of the molecule is CC(C)c1cc(C(C)C)c(S(=O)(=O)Cl)c(C(C)C)c1.CC(C)c1cc(C(C)C)c(S(=O)(=O)n2cnc3ccccc32)c(C(C)C)c1.c1ccc2[nH]cnc2c1. The molecule has 0 saturated heterocycles. The number of hydrogen-bond donors (Lipinski definition) is 1. The fourth-order valence-electron chi connectivity index (χ4n) is 6.46. The molecule has 6 aromatic rings. The number of para-hydroxylation sites is 4. The number of rotatable bonds is 9. The van der Waals surface area contributed by atoms with Gasteiger partial charge in [0, 0.05) is 10.7 Å². The molecule has 0 saturated carbocycles. The standard InChI is InChI=1S/C22H28N2O2S.C15H23ClO2S.C7H6N2/c1-14(2)17-11-18(15(3)4)22(19(12-17)16(5)6)27(25,26)24-13-23-20-9-7-8-10-21(20)24;1-9(2)12-7-13(10(3)4)15(19(16,17)18)14(8-12)11(5)6;1-2-4-7-6(3-1)8-5-9-7/h7-16H,1-6H3;7-11H,1-6H3;1-5H,(H,8,9). The van der Waals surface area contributed by atoms with Gasteiger partial charge < -0.3 is 4.98 Å². The second kappa shape index (κ2) is 17.9. The summed E-state index contributed by atoms with van der Waals surface area (Å²) >= 11 is 0. The van der Waals surface area contributed by atoms with Crippen molar-refractivity contribution in [1.82, 2.24) is 18.9 Å². The minimum Gasteiger partial charge on any atom is -0.345 e. The molecule has 4 aromatic carbocycles. The average molecular weight is 806 g/mol. The Morgan fingerprint density at radius 2 is 0.964 bits per heavy atom. The summed E-state index contributed by atoms with van der Waals surface area (Å²) < 4.78 is 52.7. The molecule has 296 valence electrons. The minimum absolute atomic E-state index is 0.0979. The zero-order valence-corrected chi connectivity index (χ0v) is 36.6. The van der Waals surface area contributed by atoms with Crippen molar-refractivity contribution < 1.29 is 16.8 Å². The highest BCUT2D eigenvalue weighted by atomic mass is 35.7. The molecule has 0 unspecified atom stereocenters. The molecule has 55 heavy (non-hydrogen) atoms. The summed E-state index contributed by atoms with van der Waals surface area (Å²) in [6.07, 6.45) is 3.12. The van der Waals surface area contributed by atoms with Gasteiger partial charge in [0.25, 0.3) is 19.1 Å². The molecule has 0 aliphatic heterocycles. The molecule has 8 nitrogen and oxygen atoms in total. The Balaban J connectivity index is 0.000000207. The number of aromatic amines is 1. The average Bonchev–Trinajstić information content (AvgIpc) is 3.78. The highest BCUT2D eigenvalue weighted by Gasteiger charge is 2.30. The Bertz CT molecular complexity index is 2370. The van der Waals surface area contributed by atoms with E-state index in [-0.39, 0.29) is 23.7 Å². The molecular formula is C44H57ClN4O4S2. The van der Waals surface area contributed by atoms with Crippen LogP contribution in [0, 0.1) is 0 Å². The number of nitrogens with one attached hydrogen (secondary N) is 1. The molecule has 0 amide bonds. The molecule has 6 rings (SSSR count). The number of nitrogens with zero attached hydrogens (tertiary/aromatic N) is 3. The third-order valence-electron chi connectivity index (χ3n) is 9.67. The van der Waals surface area contributed by atoms with Crippen molar-refractivity contribution in [3.05, 3.63) is 119 Å². The summed E-state index contributed by atoms with van der Waals surface area (Å²) in [4.78, 5) is 12.1. The number of benzene rings is 4. The van der Waals surface area contributed by atoms with E-state index >= 15 is 0 Å². The van der Waals surface area contributed by atoms with Gasteiger partial charge in [-0.05, 0) is 93.2 Å². The Labute approximate surface area is 333 Å². The third-order valence-corrected chi connectivity index (χ3v) is 12.9. The van der Waals surface area contributed by atoms with Gasteiger partial charge in [0.1, 0.15) is 6.33 Å². The number of H-pyrrole nitrogens is 1. The van der Waals surface area contributed by atoms with E-state index in [1.165, 1.54) is 15.9 Å². The zero-order valence-electron chi connectivity index (χ0n) is 34.2. The first kappa shape index (κ1) is 43.7. The first-order valence-electron chi connectivity index (χ1n) is 19.0. The van der Waals surface area contributed by atoms with E-state index < -0.39 is 19.1 Å². The van der Waals surface area contributed by atoms with Crippen LogP contribution < -0.4 is 0 Å². The second-order valence-electron chi connectivity index (χ2n) is 15.9. The van der Waals surface area contributed by atoms with Gasteiger partial charge in [-0.15, -0.1) is 0 Å². The van der Waals surface area contributed by atoms with Crippen LogP contribution in [0.1, 0.15) is 152 Å². The highest BCUT2D eigenvalue weighted by Crippen LogP contribution is 2.38. The molecule has 1 N–H and O–H groups in total. The molecule has 0 spiro atoms. The predicted octanol–water partition coefficient (Wildman–Crippen LogP) is 12.2. The summed E-state index contributed by atoms with van der Waals surface area (Å²) in [6.45, 7) is 24.7. The number of hydrogen-bond acceptors (Lipinski definition) is 6. The molecule has 0 fully saturated rings. The number of halogens is 1. The number of imidazole rings is 2. The lowest BCUT2D eigenvalue weighted by atomic mass is 9.89. The van der Waals surface area contributed by atoms with E-state index in [4.69, 9.17) is 10.7 Å². The van der Waals surface area contributed by atoms with Gasteiger partial charge >= 0.3 is 0 Å². The van der Waals surface area contributed by atoms with Crippen LogP contribution in [0.25, 0.3) is 22.1 Å². The van der Waals surface area contributed by atoms with Crippen molar-refractivity contribution >= 4 is 51.8 Å². The molecule has 0 bridgehead atoms. The third kappa shape index (κ3) is 10.1. The largest absolute Gasteiger partial charge is 0.345 e. The highest BCUT2D eigenvalue weighted by molar-refractivity contribution is 8.13. The zero-order chi connectivity index (χ0) is 41.0. The summed E-state index contributed by atoms with van der Waals surface area (Å²) in [7, 11) is -1.83. The second-order valence-corrected chi connectivity index (χ2v) is 20.1. The van der Waals surface area contributed by atoms with E-state index in [9.17, 15) is 16.8 Å². The summed E-state index contributed by atoms with van der Waals surface area (Å²) in [5, 5.41) is 0. The fourth-order valence-corrected chi connectivity index (χ4v) is 10.1. The minimum atomic E-state index is -3.76. The Kier molecular flexibility index (Phi) is 14.2. The quantitative estimate of drug-likeness (QED) is 0.146. The van der Waals surface area contributed by atoms with E-state index in [0.717, 1.165) is 38.9 Å². The van der Waals surface area contributed by atoms with Crippen molar-refractivity contribution in [3.63, 3.8) is 0 Å². The fraction of sp³-hybridized carbons (Fsp3) is 0.409. The molecule has 0 atom stereocenters. The van der Waals surface area contributed by atoms with Crippen molar-refractivity contribution in [2.75, 3.05) is 0 Å². The van der Waals surface area contributed by atoms with Crippen molar-refractivity contribution in [2.45, 2.75) is 128 Å². The number of aromatic nitrogens is 4. The van der Waals surface area contributed by atoms with Crippen LogP contribution in [0.4, 0.5) is 0 Å². The van der Waals surface area contributed by atoms with Crippen molar-refractivity contribution in [1.29, 1.82) is 0 Å². The smallest absolute Gasteiger partial charge is 0.270 e. The normalized spacial score (nSPS) is 12.3. The monoisotopic (exact) mass is 804 g/mol. The van der Waals surface area contributed by atoms with Gasteiger partial charge in [0.2, 0.25) is 0 Å². The molecule has 0 radical (unpaired) electrons. The molecular weight excluding hydrogens is 748 g/mol. The lowest BCUT2D eigenvalue weighted by molar-refractivity contribution is 0.583. The first-order chi connectivity index (χ1) is 25.7. The van der Waals surface area contributed by atoms with Crippen LogP contribution in [-0.2, 0) is 19.1 Å². The van der Waals surface area contributed by atoms with Crippen LogP contribution in [-0.4, -0.2) is 35.8 Å². The Hall–Kier alpha value is -3.99. The Morgan fingerprint density at radius 1 is 0.545 bits per heavy atom. The van der Waals surface area contributed by atoms with Crippen molar-refractivity contribution in [2.24, 2.45) is 0 Å². The van der Waals surface area contributed by atoms with Crippen molar-refractivity contribution in [3.8, 4) is 0 Å². The maximum Gasteiger partial charge on any atom is 0.270 e. The van der Waals surface area contributed by atoms with Gasteiger partial charge in [-0.25, -0.2) is 30.8 Å². The topological polar surface area (TPSA) is 115 Å². The van der Waals surface area contributed by atoms with Crippen LogP contribution in [0.5, 0.6) is 0 Å².